The molecule has 0 bridgehead atoms. The number of sulfone groups is 1. The summed E-state index contributed by atoms with van der Waals surface area (Å²) >= 11 is 0. The van der Waals surface area contributed by atoms with Gasteiger partial charge in [-0.15, -0.1) is 0 Å². The molecule has 0 radical (unpaired) electrons. The van der Waals surface area contributed by atoms with Gasteiger partial charge in [-0.2, -0.15) is 18.3 Å². The Labute approximate surface area is 200 Å². The van der Waals surface area contributed by atoms with Gasteiger partial charge in [-0.3, -0.25) is 9.58 Å². The monoisotopic (exact) mass is 507 g/mol. The van der Waals surface area contributed by atoms with Gasteiger partial charge in [-0.1, -0.05) is 35.9 Å². The maximum absolute atomic E-state index is 13.1. The highest BCUT2D eigenvalue weighted by molar-refractivity contribution is 7.92. The lowest BCUT2D eigenvalue weighted by Gasteiger charge is -2.18. The lowest BCUT2D eigenvalue weighted by molar-refractivity contribution is -0.192. The van der Waals surface area contributed by atoms with Crippen molar-refractivity contribution in [3.05, 3.63) is 71.5 Å². The van der Waals surface area contributed by atoms with Crippen LogP contribution in [0.4, 0.5) is 13.2 Å². The van der Waals surface area contributed by atoms with Crippen molar-refractivity contribution in [3.8, 4) is 11.1 Å². The second-order valence-corrected chi connectivity index (χ2v) is 11.0. The Hall–Kier alpha value is -3.18. The zero-order valence-electron chi connectivity index (χ0n) is 19.0. The molecule has 186 valence electrons. The number of fused-ring (bicyclic) bond motifs is 3. The van der Waals surface area contributed by atoms with Crippen LogP contribution >= 0.6 is 0 Å². The number of aryl methyl sites for hydroxylation is 2. The maximum Gasteiger partial charge on any atom is 0.490 e. The lowest BCUT2D eigenvalue weighted by atomic mass is 9.95. The van der Waals surface area contributed by atoms with Crippen molar-refractivity contribution < 1.29 is 31.5 Å². The van der Waals surface area contributed by atoms with E-state index in [2.05, 4.69) is 47.3 Å². The fraction of sp³-hybridized carbons (Fsp3) is 0.333. The first-order valence-electron chi connectivity index (χ1n) is 10.8. The molecule has 2 aliphatic heterocycles. The van der Waals surface area contributed by atoms with Crippen molar-refractivity contribution in [1.29, 1.82) is 0 Å². The molecular weight excluding hydrogens is 483 g/mol. The van der Waals surface area contributed by atoms with E-state index in [1.807, 2.05) is 25.5 Å². The molecular formula is C24H24F3N3O4S. The third-order valence-corrected chi connectivity index (χ3v) is 8.49. The van der Waals surface area contributed by atoms with Crippen LogP contribution in [0.2, 0.25) is 0 Å². The third kappa shape index (κ3) is 5.10. The van der Waals surface area contributed by atoms with Gasteiger partial charge < -0.3 is 5.11 Å². The number of aromatic nitrogens is 2. The first-order valence-corrected chi connectivity index (χ1v) is 12.4. The number of likely N-dealkylation sites (tertiary alicyclic amines) is 1. The molecule has 3 aromatic rings. The largest absolute Gasteiger partial charge is 0.490 e. The minimum absolute atomic E-state index is 0.0430. The molecule has 1 aromatic heterocycles. The van der Waals surface area contributed by atoms with Crippen LogP contribution in [0, 0.1) is 6.92 Å². The van der Waals surface area contributed by atoms with Gasteiger partial charge in [0, 0.05) is 44.4 Å². The average Bonchev–Trinajstić information content (AvgIpc) is 3.44. The number of benzene rings is 2. The standard InChI is InChI=1S/C22H23N3O2S.C2HF3O2/c1-15-4-3-5-16(8-15)11-25-13-20-19-9-17(18-10-23-24(2)12-18)6-7-21(19)28(26,27)22(20)14-25;3-2(4,5)1(6)7/h3-10,12,20,22H,11,13-14H2,1-2H3;(H,6,7). The topological polar surface area (TPSA) is 92.5 Å². The summed E-state index contributed by atoms with van der Waals surface area (Å²) in [6.07, 6.45) is -1.30. The van der Waals surface area contributed by atoms with Crippen LogP contribution in [-0.4, -0.2) is 58.7 Å². The van der Waals surface area contributed by atoms with Crippen molar-refractivity contribution >= 4 is 15.8 Å². The molecule has 1 N–H and O–H groups in total. The number of alkyl halides is 3. The summed E-state index contributed by atoms with van der Waals surface area (Å²) in [5, 5.41) is 11.0. The summed E-state index contributed by atoms with van der Waals surface area (Å²) in [7, 11) is -1.39. The van der Waals surface area contributed by atoms with E-state index >= 15 is 0 Å². The molecule has 0 saturated carbocycles. The van der Waals surface area contributed by atoms with Crippen LogP contribution in [0.5, 0.6) is 0 Å². The predicted octanol–water partition coefficient (Wildman–Crippen LogP) is 3.78. The highest BCUT2D eigenvalue weighted by Crippen LogP contribution is 2.46. The average molecular weight is 508 g/mol. The van der Waals surface area contributed by atoms with Gasteiger partial charge in [0.25, 0.3) is 0 Å². The summed E-state index contributed by atoms with van der Waals surface area (Å²) in [6, 6.07) is 14.2. The maximum atomic E-state index is 13.1. The summed E-state index contributed by atoms with van der Waals surface area (Å²) in [5.74, 6) is -2.71. The molecule has 0 spiro atoms. The molecule has 1 fully saturated rings. The van der Waals surface area contributed by atoms with Gasteiger partial charge in [0.1, 0.15) is 0 Å². The number of nitrogens with zero attached hydrogens (tertiary/aromatic N) is 3. The molecule has 3 heterocycles. The fourth-order valence-electron chi connectivity index (χ4n) is 4.67. The highest BCUT2D eigenvalue weighted by Gasteiger charge is 2.50. The van der Waals surface area contributed by atoms with Gasteiger partial charge in [-0.25, -0.2) is 13.2 Å². The van der Waals surface area contributed by atoms with E-state index < -0.39 is 22.0 Å². The van der Waals surface area contributed by atoms with Crippen molar-refractivity contribution in [2.45, 2.75) is 35.7 Å². The molecule has 2 unspecified atom stereocenters. The van der Waals surface area contributed by atoms with E-state index in [4.69, 9.17) is 9.90 Å². The molecule has 2 atom stereocenters. The Kier molecular flexibility index (Phi) is 6.50. The van der Waals surface area contributed by atoms with Crippen LogP contribution in [0.1, 0.15) is 22.6 Å². The molecule has 11 heteroatoms. The van der Waals surface area contributed by atoms with E-state index in [-0.39, 0.29) is 11.2 Å². The molecule has 1 saturated heterocycles. The number of halogens is 3. The highest BCUT2D eigenvalue weighted by atomic mass is 32.2. The van der Waals surface area contributed by atoms with E-state index in [9.17, 15) is 21.6 Å². The number of carboxylic acid groups (broad SMARTS) is 1. The Morgan fingerprint density at radius 1 is 1.14 bits per heavy atom. The minimum Gasteiger partial charge on any atom is -0.475 e. The van der Waals surface area contributed by atoms with Crippen molar-refractivity contribution in [2.24, 2.45) is 7.05 Å². The van der Waals surface area contributed by atoms with Crippen LogP contribution in [0.3, 0.4) is 0 Å². The number of hydrogen-bond acceptors (Lipinski definition) is 5. The number of rotatable bonds is 3. The molecule has 5 rings (SSSR count). The normalized spacial score (nSPS) is 20.6. The molecule has 0 aliphatic carbocycles. The SMILES string of the molecule is Cc1cccc(CN2CC3c4cc(-c5cnn(C)c5)ccc4S(=O)(=O)C3C2)c1.O=C(O)C(F)(F)F. The second-order valence-electron chi connectivity index (χ2n) is 8.83. The number of carboxylic acids is 1. The van der Waals surface area contributed by atoms with Gasteiger partial charge in [0.15, 0.2) is 9.84 Å². The van der Waals surface area contributed by atoms with Crippen LogP contribution in [0.25, 0.3) is 11.1 Å². The Bertz CT molecular complexity index is 1370. The molecule has 2 aliphatic rings. The molecule has 0 amide bonds. The Morgan fingerprint density at radius 2 is 1.86 bits per heavy atom. The summed E-state index contributed by atoms with van der Waals surface area (Å²) < 4.78 is 59.8. The van der Waals surface area contributed by atoms with Gasteiger partial charge in [-0.05, 0) is 35.7 Å². The summed E-state index contributed by atoms with van der Waals surface area (Å²) in [5.41, 5.74) is 5.48. The van der Waals surface area contributed by atoms with Gasteiger partial charge in [0.2, 0.25) is 0 Å². The van der Waals surface area contributed by atoms with Crippen molar-refractivity contribution in [3.63, 3.8) is 0 Å². The van der Waals surface area contributed by atoms with E-state index in [0.717, 1.165) is 29.8 Å². The Morgan fingerprint density at radius 3 is 2.46 bits per heavy atom. The zero-order valence-corrected chi connectivity index (χ0v) is 19.8. The first-order chi connectivity index (χ1) is 16.4. The fourth-order valence-corrected chi connectivity index (χ4v) is 6.87. The quantitative estimate of drug-likeness (QED) is 0.580. The van der Waals surface area contributed by atoms with E-state index in [0.29, 0.717) is 11.4 Å². The number of carbonyl (C=O) groups is 1. The van der Waals surface area contributed by atoms with Crippen LogP contribution < -0.4 is 0 Å². The molecule has 7 nitrogen and oxygen atoms in total. The van der Waals surface area contributed by atoms with Crippen LogP contribution in [-0.2, 0) is 28.2 Å². The Balaban J connectivity index is 0.000000364. The van der Waals surface area contributed by atoms with Gasteiger partial charge >= 0.3 is 12.1 Å². The van der Waals surface area contributed by atoms with Crippen molar-refractivity contribution in [1.82, 2.24) is 14.7 Å². The zero-order chi connectivity index (χ0) is 25.5. The minimum atomic E-state index is -5.08. The number of aliphatic carboxylic acids is 1. The van der Waals surface area contributed by atoms with E-state index in [1.165, 1.54) is 11.1 Å². The number of hydrogen-bond donors (Lipinski definition) is 1. The summed E-state index contributed by atoms with van der Waals surface area (Å²) in [4.78, 5) is 11.7. The molecule has 35 heavy (non-hydrogen) atoms. The summed E-state index contributed by atoms with van der Waals surface area (Å²) in [6.45, 7) is 4.25. The molecule has 2 aromatic carbocycles. The lowest BCUT2D eigenvalue weighted by Crippen LogP contribution is -2.25. The second kappa shape index (κ2) is 9.12. The van der Waals surface area contributed by atoms with Crippen LogP contribution in [0.15, 0.2) is 59.8 Å². The smallest absolute Gasteiger partial charge is 0.475 e. The van der Waals surface area contributed by atoms with Crippen molar-refractivity contribution in [2.75, 3.05) is 13.1 Å². The first kappa shape index (κ1) is 24.9. The predicted molar refractivity (Wildman–Crippen MR) is 123 cm³/mol. The van der Waals surface area contributed by atoms with Gasteiger partial charge in [0.05, 0.1) is 16.3 Å². The van der Waals surface area contributed by atoms with E-state index in [1.54, 1.807) is 10.7 Å². The third-order valence-electron chi connectivity index (χ3n) is 6.23.